The number of oxime groups is 1. The van der Waals surface area contributed by atoms with Gasteiger partial charge in [-0.3, -0.25) is 0 Å². The van der Waals surface area contributed by atoms with Gasteiger partial charge in [0, 0.05) is 12.0 Å². The van der Waals surface area contributed by atoms with Crippen LogP contribution in [0.1, 0.15) is 11.1 Å². The summed E-state index contributed by atoms with van der Waals surface area (Å²) >= 11 is 0. The summed E-state index contributed by atoms with van der Waals surface area (Å²) in [5, 5.41) is 3.82. The molecule has 1 aliphatic heterocycles. The standard InChI is InChI=1S/C10H11NO2/c1-12-11-10-9-5-3-2-4-8(9)6-7-13-10/h2-5H,6-7H2,1H3/b11-10-. The van der Waals surface area contributed by atoms with E-state index < -0.39 is 0 Å². The van der Waals surface area contributed by atoms with E-state index in [-0.39, 0.29) is 0 Å². The fraction of sp³-hybridized carbons (Fsp3) is 0.300. The highest BCUT2D eigenvalue weighted by Crippen LogP contribution is 2.16. The van der Waals surface area contributed by atoms with Crippen LogP contribution in [0.4, 0.5) is 0 Å². The third kappa shape index (κ3) is 1.49. The molecule has 0 saturated heterocycles. The van der Waals surface area contributed by atoms with E-state index in [4.69, 9.17) is 9.57 Å². The maximum absolute atomic E-state index is 5.37. The van der Waals surface area contributed by atoms with Crippen LogP contribution in [-0.2, 0) is 16.0 Å². The molecule has 0 amide bonds. The SMILES string of the molecule is CO/N=C1\OCCc2ccccc21. The maximum Gasteiger partial charge on any atom is 0.257 e. The van der Waals surface area contributed by atoms with Crippen LogP contribution in [-0.4, -0.2) is 19.6 Å². The van der Waals surface area contributed by atoms with Gasteiger partial charge in [-0.2, -0.15) is 0 Å². The highest BCUT2D eigenvalue weighted by molar-refractivity contribution is 5.95. The van der Waals surface area contributed by atoms with Crippen LogP contribution in [0.15, 0.2) is 29.4 Å². The Balaban J connectivity index is 2.42. The Bertz CT molecular complexity index is 333. The van der Waals surface area contributed by atoms with E-state index in [1.54, 1.807) is 0 Å². The van der Waals surface area contributed by atoms with Crippen molar-refractivity contribution < 1.29 is 9.57 Å². The third-order valence-electron chi connectivity index (χ3n) is 2.03. The van der Waals surface area contributed by atoms with Gasteiger partial charge in [0.1, 0.15) is 7.11 Å². The molecule has 3 heteroatoms. The molecule has 0 bridgehead atoms. The summed E-state index contributed by atoms with van der Waals surface area (Å²) in [5.74, 6) is 0.587. The van der Waals surface area contributed by atoms with Gasteiger partial charge in [0.05, 0.1) is 6.61 Å². The lowest BCUT2D eigenvalue weighted by Crippen LogP contribution is -2.18. The first-order valence-electron chi connectivity index (χ1n) is 4.24. The number of nitrogens with zero attached hydrogens (tertiary/aromatic N) is 1. The predicted octanol–water partition coefficient (Wildman–Crippen LogP) is 1.57. The lowest BCUT2D eigenvalue weighted by atomic mass is 10.0. The number of benzene rings is 1. The normalized spacial score (nSPS) is 17.8. The lowest BCUT2D eigenvalue weighted by Gasteiger charge is -2.17. The van der Waals surface area contributed by atoms with Crippen molar-refractivity contribution in [1.29, 1.82) is 0 Å². The first-order chi connectivity index (χ1) is 6.42. The summed E-state index contributed by atoms with van der Waals surface area (Å²) in [7, 11) is 1.52. The van der Waals surface area contributed by atoms with Crippen molar-refractivity contribution >= 4 is 5.90 Å². The second-order valence-electron chi connectivity index (χ2n) is 2.83. The molecule has 0 radical (unpaired) electrons. The average Bonchev–Trinajstić information content (AvgIpc) is 2.19. The molecule has 2 rings (SSSR count). The second kappa shape index (κ2) is 3.47. The topological polar surface area (TPSA) is 30.8 Å². The highest BCUT2D eigenvalue weighted by atomic mass is 16.6. The van der Waals surface area contributed by atoms with Crippen LogP contribution in [0.5, 0.6) is 0 Å². The van der Waals surface area contributed by atoms with Crippen LogP contribution < -0.4 is 0 Å². The van der Waals surface area contributed by atoms with Crippen molar-refractivity contribution in [2.45, 2.75) is 6.42 Å². The first-order valence-corrected chi connectivity index (χ1v) is 4.24. The molecule has 0 aromatic heterocycles. The summed E-state index contributed by atoms with van der Waals surface area (Å²) in [6.45, 7) is 0.680. The number of rotatable bonds is 1. The van der Waals surface area contributed by atoms with Gasteiger partial charge in [0.25, 0.3) is 5.90 Å². The van der Waals surface area contributed by atoms with Crippen LogP contribution in [0.2, 0.25) is 0 Å². The summed E-state index contributed by atoms with van der Waals surface area (Å²) in [5.41, 5.74) is 2.31. The fourth-order valence-corrected chi connectivity index (χ4v) is 1.44. The Labute approximate surface area is 77.0 Å². The van der Waals surface area contributed by atoms with E-state index in [1.165, 1.54) is 12.7 Å². The van der Waals surface area contributed by atoms with E-state index in [9.17, 15) is 0 Å². The quantitative estimate of drug-likeness (QED) is 0.609. The lowest BCUT2D eigenvalue weighted by molar-refractivity contribution is 0.189. The molecule has 3 nitrogen and oxygen atoms in total. The molecule has 1 aliphatic rings. The van der Waals surface area contributed by atoms with Crippen molar-refractivity contribution in [2.24, 2.45) is 5.16 Å². The number of fused-ring (bicyclic) bond motifs is 1. The summed E-state index contributed by atoms with van der Waals surface area (Å²) in [4.78, 5) is 4.70. The smallest absolute Gasteiger partial charge is 0.257 e. The van der Waals surface area contributed by atoms with Crippen molar-refractivity contribution in [2.75, 3.05) is 13.7 Å². The Kier molecular flexibility index (Phi) is 2.17. The van der Waals surface area contributed by atoms with Gasteiger partial charge in [0.2, 0.25) is 0 Å². The van der Waals surface area contributed by atoms with Gasteiger partial charge in [-0.1, -0.05) is 18.2 Å². The van der Waals surface area contributed by atoms with Gasteiger partial charge in [-0.25, -0.2) is 0 Å². The van der Waals surface area contributed by atoms with Crippen molar-refractivity contribution in [3.63, 3.8) is 0 Å². The van der Waals surface area contributed by atoms with Gasteiger partial charge < -0.3 is 9.57 Å². The van der Waals surface area contributed by atoms with E-state index >= 15 is 0 Å². The van der Waals surface area contributed by atoms with Crippen molar-refractivity contribution in [3.05, 3.63) is 35.4 Å². The molecule has 13 heavy (non-hydrogen) atoms. The van der Waals surface area contributed by atoms with Crippen molar-refractivity contribution in [3.8, 4) is 0 Å². The fourth-order valence-electron chi connectivity index (χ4n) is 1.44. The molecule has 0 atom stereocenters. The molecule has 0 saturated carbocycles. The minimum Gasteiger partial charge on any atom is -0.475 e. The summed E-state index contributed by atoms with van der Waals surface area (Å²) in [6, 6.07) is 8.07. The molecule has 68 valence electrons. The molecule has 0 fully saturated rings. The van der Waals surface area contributed by atoms with Gasteiger partial charge >= 0.3 is 0 Å². The van der Waals surface area contributed by atoms with Crippen LogP contribution in [0.3, 0.4) is 0 Å². The highest BCUT2D eigenvalue weighted by Gasteiger charge is 2.15. The van der Waals surface area contributed by atoms with Gasteiger partial charge in [-0.05, 0) is 16.8 Å². The number of ether oxygens (including phenoxy) is 1. The zero-order chi connectivity index (χ0) is 9.10. The summed E-state index contributed by atoms with van der Waals surface area (Å²) in [6.07, 6.45) is 0.943. The van der Waals surface area contributed by atoms with Crippen LogP contribution in [0, 0.1) is 0 Å². The van der Waals surface area contributed by atoms with E-state index in [1.807, 2.05) is 18.2 Å². The molecule has 0 aliphatic carbocycles. The van der Waals surface area contributed by atoms with Crippen LogP contribution in [0.25, 0.3) is 0 Å². The molecule has 0 unspecified atom stereocenters. The van der Waals surface area contributed by atoms with Crippen LogP contribution >= 0.6 is 0 Å². The Morgan fingerprint density at radius 1 is 1.38 bits per heavy atom. The minimum absolute atomic E-state index is 0.587. The maximum atomic E-state index is 5.37. The molecule has 1 heterocycles. The molecular formula is C10H11NO2. The van der Waals surface area contributed by atoms with Gasteiger partial charge in [0.15, 0.2) is 0 Å². The van der Waals surface area contributed by atoms with E-state index in [0.29, 0.717) is 12.5 Å². The zero-order valence-electron chi connectivity index (χ0n) is 7.49. The zero-order valence-corrected chi connectivity index (χ0v) is 7.49. The predicted molar refractivity (Wildman–Crippen MR) is 49.6 cm³/mol. The minimum atomic E-state index is 0.587. The number of hydrogen-bond acceptors (Lipinski definition) is 3. The Morgan fingerprint density at radius 2 is 2.23 bits per heavy atom. The molecule has 0 N–H and O–H groups in total. The van der Waals surface area contributed by atoms with E-state index in [2.05, 4.69) is 11.2 Å². The molecular weight excluding hydrogens is 166 g/mol. The largest absolute Gasteiger partial charge is 0.475 e. The Morgan fingerprint density at radius 3 is 3.08 bits per heavy atom. The van der Waals surface area contributed by atoms with E-state index in [0.717, 1.165) is 12.0 Å². The van der Waals surface area contributed by atoms with Gasteiger partial charge in [-0.15, -0.1) is 0 Å². The first kappa shape index (κ1) is 8.10. The van der Waals surface area contributed by atoms with Crippen molar-refractivity contribution in [1.82, 2.24) is 0 Å². The average molecular weight is 177 g/mol. The Hall–Kier alpha value is -1.51. The second-order valence-corrected chi connectivity index (χ2v) is 2.83. The molecule has 1 aromatic carbocycles. The summed E-state index contributed by atoms with van der Waals surface area (Å²) < 4.78 is 5.37. The number of hydrogen-bond donors (Lipinski definition) is 0. The third-order valence-corrected chi connectivity index (χ3v) is 2.03. The molecule has 1 aromatic rings. The molecule has 0 spiro atoms. The monoisotopic (exact) mass is 177 g/mol.